The Morgan fingerprint density at radius 3 is 1.48 bits per heavy atom. The number of hydrogen-bond donors (Lipinski definition) is 0. The molecule has 3 aromatic heterocycles. The fourth-order valence-electron chi connectivity index (χ4n) is 13.5. The van der Waals surface area contributed by atoms with Gasteiger partial charge in [-0.1, -0.05) is 110 Å². The highest BCUT2D eigenvalue weighted by Crippen LogP contribution is 2.39. The molecule has 5 aromatic rings. The number of aromatic nitrogens is 6. The Kier molecular flexibility index (Phi) is 24.2. The van der Waals surface area contributed by atoms with Crippen LogP contribution in [0.2, 0.25) is 0 Å². The average Bonchev–Trinajstić information content (AvgIpc) is 4.31. The molecule has 0 radical (unpaired) electrons. The van der Waals surface area contributed by atoms with Gasteiger partial charge in [-0.2, -0.15) is 15.3 Å². The van der Waals surface area contributed by atoms with Crippen LogP contribution in [0.15, 0.2) is 48.5 Å². The summed E-state index contributed by atoms with van der Waals surface area (Å²) < 4.78 is 33.1. The molecule has 81 heavy (non-hydrogen) atoms. The monoisotopic (exact) mass is 1180 g/mol. The van der Waals surface area contributed by atoms with Gasteiger partial charge in [0.05, 0.1) is 75.9 Å². The van der Waals surface area contributed by atoms with Gasteiger partial charge in [-0.3, -0.25) is 23.6 Å². The number of fused-ring (bicyclic) bond motifs is 3. The Balaban J connectivity index is 0.000000148. The van der Waals surface area contributed by atoms with E-state index in [2.05, 4.69) is 35.1 Å². The predicted octanol–water partition coefficient (Wildman–Crippen LogP) is 14.6. The second-order valence-electron chi connectivity index (χ2n) is 22.7. The van der Waals surface area contributed by atoms with E-state index >= 15 is 0 Å². The first-order valence-corrected chi connectivity index (χ1v) is 32.4. The minimum Gasteiger partial charge on any atom is -0.496 e. The molecule has 0 saturated heterocycles. The number of methoxy groups -OCH3 is 2. The molecule has 3 heterocycles. The molecule has 0 amide bonds. The molecular formula is C66H93BrN6O8. The van der Waals surface area contributed by atoms with Crippen LogP contribution in [0.4, 0.5) is 0 Å². The van der Waals surface area contributed by atoms with E-state index in [-0.39, 0.29) is 24.3 Å². The van der Waals surface area contributed by atoms with Crippen molar-refractivity contribution in [2.24, 2.45) is 0 Å². The third kappa shape index (κ3) is 16.0. The number of para-hydroxylation sites is 2. The second kappa shape index (κ2) is 31.8. The first kappa shape index (κ1) is 61.6. The Labute approximate surface area is 491 Å². The van der Waals surface area contributed by atoms with Gasteiger partial charge in [-0.05, 0) is 160 Å². The van der Waals surface area contributed by atoms with E-state index in [0.717, 1.165) is 65.8 Å². The highest BCUT2D eigenvalue weighted by atomic mass is 79.9. The van der Waals surface area contributed by atoms with Crippen LogP contribution >= 0.6 is 15.9 Å². The van der Waals surface area contributed by atoms with Gasteiger partial charge in [0, 0.05) is 45.5 Å². The van der Waals surface area contributed by atoms with Crippen LogP contribution in [0, 0.1) is 0 Å². The van der Waals surface area contributed by atoms with Gasteiger partial charge in [-0.15, -0.1) is 0 Å². The normalized spacial score (nSPS) is 17.7. The minimum absolute atomic E-state index is 0.196. The molecule has 0 spiro atoms. The lowest BCUT2D eigenvalue weighted by Crippen LogP contribution is -2.20. The van der Waals surface area contributed by atoms with Crippen molar-refractivity contribution in [2.75, 3.05) is 34.0 Å². The molecule has 0 bridgehead atoms. The lowest BCUT2D eigenvalue weighted by Gasteiger charge is -2.25. The molecule has 0 N–H and O–H groups in total. The highest BCUT2D eigenvalue weighted by Gasteiger charge is 2.33. The molecule has 3 saturated carbocycles. The molecular weight excluding hydrogens is 1080 g/mol. The maximum atomic E-state index is 13.0. The van der Waals surface area contributed by atoms with E-state index in [1.165, 1.54) is 169 Å². The van der Waals surface area contributed by atoms with Crippen molar-refractivity contribution in [3.63, 3.8) is 0 Å². The number of benzene rings is 2. The van der Waals surface area contributed by atoms with Crippen molar-refractivity contribution in [1.82, 2.24) is 29.3 Å². The molecule has 14 nitrogen and oxygen atoms in total. The topological polar surface area (TPSA) is 151 Å². The van der Waals surface area contributed by atoms with Crippen LogP contribution < -0.4 is 9.47 Å². The quantitative estimate of drug-likeness (QED) is 0.0527. The number of ether oxygens (including phenoxy) is 5. The largest absolute Gasteiger partial charge is 0.496 e. The van der Waals surface area contributed by atoms with Gasteiger partial charge in [0.2, 0.25) is 0 Å². The third-order valence-electron chi connectivity index (χ3n) is 17.5. The Morgan fingerprint density at radius 2 is 0.963 bits per heavy atom. The van der Waals surface area contributed by atoms with E-state index in [9.17, 15) is 14.4 Å². The van der Waals surface area contributed by atoms with Gasteiger partial charge < -0.3 is 23.7 Å². The Morgan fingerprint density at radius 1 is 0.519 bits per heavy atom. The van der Waals surface area contributed by atoms with Crippen LogP contribution in [0.5, 0.6) is 11.5 Å². The van der Waals surface area contributed by atoms with Crippen LogP contribution in [-0.2, 0) is 80.5 Å². The van der Waals surface area contributed by atoms with E-state index in [1.807, 2.05) is 62.4 Å². The molecule has 2 aromatic carbocycles. The summed E-state index contributed by atoms with van der Waals surface area (Å²) in [6, 6.07) is 16.9. The van der Waals surface area contributed by atoms with Crippen molar-refractivity contribution >= 4 is 33.8 Å². The maximum absolute atomic E-state index is 13.0. The summed E-state index contributed by atoms with van der Waals surface area (Å²) >= 11 is 3.60. The molecule has 1 atom stereocenters. The molecule has 11 rings (SSSR count). The third-order valence-corrected chi connectivity index (χ3v) is 18.0. The SMILES string of the molecule is BrCc1nn(C2CCCCC2)c2c1CCCC2.CCOC(=O)C(Cc1nn(C2CCCCC2)c2c1CCCC2)c1ccccc1OC.CCOC(=O)Cc1ccccc1OC.CCOC(=O)c1nn(C2CCCCC2)c2c1CCCC2. The van der Waals surface area contributed by atoms with Gasteiger partial charge in [-0.25, -0.2) is 4.79 Å². The van der Waals surface area contributed by atoms with Crippen molar-refractivity contribution < 1.29 is 38.1 Å². The highest BCUT2D eigenvalue weighted by molar-refractivity contribution is 9.08. The number of carbonyl (C=O) groups excluding carboxylic acids is 3. The molecule has 442 valence electrons. The molecule has 1 unspecified atom stereocenters. The smallest absolute Gasteiger partial charge is 0.359 e. The zero-order chi connectivity index (χ0) is 56.9. The summed E-state index contributed by atoms with van der Waals surface area (Å²) in [6.07, 6.45) is 34.7. The zero-order valence-electron chi connectivity index (χ0n) is 49.6. The number of halogens is 1. The zero-order valence-corrected chi connectivity index (χ0v) is 51.2. The van der Waals surface area contributed by atoms with E-state index in [1.54, 1.807) is 32.4 Å². The van der Waals surface area contributed by atoms with Gasteiger partial charge in [0.1, 0.15) is 11.5 Å². The van der Waals surface area contributed by atoms with Crippen LogP contribution in [-0.4, -0.2) is 81.3 Å². The number of rotatable bonds is 16. The summed E-state index contributed by atoms with van der Waals surface area (Å²) in [5.74, 6) is 0.398. The first-order valence-electron chi connectivity index (χ1n) is 31.3. The fraction of sp³-hybridized carbons (Fsp3) is 0.636. The van der Waals surface area contributed by atoms with Crippen molar-refractivity contribution in [3.05, 3.63) is 111 Å². The molecule has 0 aliphatic heterocycles. The average molecular weight is 1180 g/mol. The predicted molar refractivity (Wildman–Crippen MR) is 321 cm³/mol. The molecule has 3 fully saturated rings. The van der Waals surface area contributed by atoms with E-state index < -0.39 is 5.92 Å². The van der Waals surface area contributed by atoms with Gasteiger partial charge in [0.25, 0.3) is 0 Å². The number of hydrogen-bond acceptors (Lipinski definition) is 11. The molecule has 15 heteroatoms. The standard InChI is InChI=1S/C25H34N2O3.C16H24N2O2.C14H21BrN2.C11H14O3/c1-3-30-25(28)21(19-13-8-10-16-24(19)29-2)17-22-20-14-7-9-15-23(20)27(26-22)18-11-5-4-6-12-18;1-2-20-16(19)15-13-10-6-7-11-14(13)18(17-15)12-8-4-3-5-9-12;15-10-13-12-8-4-5-9-14(12)17(16-13)11-6-2-1-3-7-11;1-3-14-11(12)8-9-6-4-5-7-10(9)13-2/h8,10,13,16,18,21H,3-7,9,11-12,14-15,17H2,1-2H3;12H,2-11H2,1H3;11H,1-10H2;4-7H,3,8H2,1-2H3. The van der Waals surface area contributed by atoms with Crippen LogP contribution in [0.25, 0.3) is 0 Å². The van der Waals surface area contributed by atoms with Crippen molar-refractivity contribution in [3.8, 4) is 11.5 Å². The first-order chi connectivity index (χ1) is 39.7. The lowest BCUT2D eigenvalue weighted by molar-refractivity contribution is -0.145. The summed E-state index contributed by atoms with van der Waals surface area (Å²) in [7, 11) is 3.24. The Hall–Kier alpha value is -5.44. The molecule has 6 aliphatic rings. The summed E-state index contributed by atoms with van der Waals surface area (Å²) in [5, 5.41) is 15.7. The summed E-state index contributed by atoms with van der Waals surface area (Å²) in [6.45, 7) is 6.70. The lowest BCUT2D eigenvalue weighted by atomic mass is 9.88. The maximum Gasteiger partial charge on any atom is 0.359 e. The number of alkyl halides is 1. The van der Waals surface area contributed by atoms with Gasteiger partial charge in [0.15, 0.2) is 5.69 Å². The van der Waals surface area contributed by atoms with Gasteiger partial charge >= 0.3 is 17.9 Å². The number of carbonyl (C=O) groups is 3. The van der Waals surface area contributed by atoms with Crippen molar-refractivity contribution in [2.45, 2.75) is 236 Å². The van der Waals surface area contributed by atoms with E-state index in [0.29, 0.717) is 50.1 Å². The van der Waals surface area contributed by atoms with Crippen LogP contribution in [0.3, 0.4) is 0 Å². The molecule has 6 aliphatic carbocycles. The summed E-state index contributed by atoms with van der Waals surface area (Å²) in [5.41, 5.74) is 13.1. The number of nitrogens with zero attached hydrogens (tertiary/aromatic N) is 6. The summed E-state index contributed by atoms with van der Waals surface area (Å²) in [4.78, 5) is 36.3. The number of esters is 3. The van der Waals surface area contributed by atoms with E-state index in [4.69, 9.17) is 33.9 Å². The Bertz CT molecular complexity index is 2780. The van der Waals surface area contributed by atoms with Crippen molar-refractivity contribution in [1.29, 1.82) is 0 Å². The van der Waals surface area contributed by atoms with Crippen LogP contribution in [0.1, 0.15) is 246 Å². The fourth-order valence-corrected chi connectivity index (χ4v) is 13.9. The minimum atomic E-state index is -0.401. The second-order valence-corrected chi connectivity index (χ2v) is 23.3.